The fourth-order valence-corrected chi connectivity index (χ4v) is 14.5. The van der Waals surface area contributed by atoms with E-state index in [2.05, 4.69) is 23.9 Å². The van der Waals surface area contributed by atoms with Crippen LogP contribution in [0, 0.1) is 34.5 Å². The number of ether oxygens (including phenoxy) is 9. The van der Waals surface area contributed by atoms with Crippen molar-refractivity contribution in [3.63, 3.8) is 0 Å². The predicted octanol–water partition coefficient (Wildman–Crippen LogP) is 3.42. The number of aliphatic hydroxyl groups excluding tert-OH is 5. The highest BCUT2D eigenvalue weighted by molar-refractivity contribution is 5.85. The lowest BCUT2D eigenvalue weighted by atomic mass is 9.43. The van der Waals surface area contributed by atoms with Crippen LogP contribution in [-0.2, 0) is 47.4 Å². The predicted molar refractivity (Wildman–Crippen MR) is 229 cm³/mol. The highest BCUT2D eigenvalue weighted by Gasteiger charge is 2.68. The standard InChI is InChI=1S/C47H73N3O16/c1-21-38(49-50-48)39(55)40(56)44(62-21)66-43-24(4)61-37(19-33(43)53)65-42-23(3)60-36(18-32(42)52)64-41-22(2)59-35(17-31(41)51)63-27-9-12-45(5)26(16-27)7-8-30-29(45)10-13-46(6)28(11-14-47(30,46)57)25-15-34(54)58-20-25/h15,21-24,26-33,35-44,51-53,55-57H,7-14,16-20H2,1-6H3/t21?,22?,23?,24?,26-,27+,28-,29?,30-,31-,32-,33-,35+,36+,37+,38+,39?,40+,41?,42?,43?,44+,45?,46?,47+/m1/s1. The summed E-state index contributed by atoms with van der Waals surface area (Å²) in [5, 5.41) is 71.0. The van der Waals surface area contributed by atoms with Gasteiger partial charge in [0.1, 0.15) is 31.0 Å². The molecule has 0 radical (unpaired) electrons. The Morgan fingerprint density at radius 3 is 1.83 bits per heavy atom. The van der Waals surface area contributed by atoms with E-state index in [0.29, 0.717) is 18.4 Å². The van der Waals surface area contributed by atoms with E-state index in [0.717, 1.165) is 63.4 Å². The van der Waals surface area contributed by atoms with Crippen LogP contribution >= 0.6 is 0 Å². The minimum absolute atomic E-state index is 0.0115. The smallest absolute Gasteiger partial charge is 0.331 e. The lowest BCUT2D eigenvalue weighted by molar-refractivity contribution is -0.348. The molecule has 0 amide bonds. The molecular weight excluding hydrogens is 863 g/mol. The second-order valence-electron chi connectivity index (χ2n) is 21.7. The Bertz CT molecular complexity index is 1810. The number of hydrogen-bond acceptors (Lipinski definition) is 17. The van der Waals surface area contributed by atoms with E-state index < -0.39 is 110 Å². The summed E-state index contributed by atoms with van der Waals surface area (Å²) in [6.45, 7) is 11.9. The molecule has 0 spiro atoms. The van der Waals surface area contributed by atoms with E-state index in [1.54, 1.807) is 26.8 Å². The van der Waals surface area contributed by atoms with Crippen molar-refractivity contribution in [2.75, 3.05) is 6.61 Å². The van der Waals surface area contributed by atoms with Crippen molar-refractivity contribution in [1.82, 2.24) is 0 Å². The summed E-state index contributed by atoms with van der Waals surface area (Å²) >= 11 is 0. The van der Waals surface area contributed by atoms with Crippen LogP contribution in [0.2, 0.25) is 0 Å². The summed E-state index contributed by atoms with van der Waals surface area (Å²) in [4.78, 5) is 14.7. The number of aliphatic hydroxyl groups is 6. The Labute approximate surface area is 386 Å². The van der Waals surface area contributed by atoms with Gasteiger partial charge in [-0.1, -0.05) is 19.0 Å². The quantitative estimate of drug-likeness (QED) is 0.0602. The zero-order valence-corrected chi connectivity index (χ0v) is 39.1. The van der Waals surface area contributed by atoms with E-state index in [-0.39, 0.29) is 54.0 Å². The molecule has 8 fully saturated rings. The van der Waals surface area contributed by atoms with Crippen LogP contribution in [0.25, 0.3) is 10.4 Å². The minimum Gasteiger partial charge on any atom is -0.458 e. The fourth-order valence-electron chi connectivity index (χ4n) is 14.5. The maximum absolute atomic E-state index is 12.6. The highest BCUT2D eigenvalue weighted by Crippen LogP contribution is 2.70. The van der Waals surface area contributed by atoms with Crippen LogP contribution in [0.1, 0.15) is 119 Å². The summed E-state index contributed by atoms with van der Waals surface area (Å²) in [7, 11) is 0. The second kappa shape index (κ2) is 18.9. The van der Waals surface area contributed by atoms with Gasteiger partial charge in [-0.05, 0) is 126 Å². The van der Waals surface area contributed by atoms with Gasteiger partial charge in [0, 0.05) is 35.7 Å². The van der Waals surface area contributed by atoms with Gasteiger partial charge in [-0.25, -0.2) is 4.79 Å². The number of nitrogens with zero attached hydrogens (tertiary/aromatic N) is 3. The molecule has 4 saturated heterocycles. The van der Waals surface area contributed by atoms with Crippen LogP contribution in [0.5, 0.6) is 0 Å². The number of esters is 1. The van der Waals surface area contributed by atoms with Gasteiger partial charge in [0.25, 0.3) is 0 Å². The third kappa shape index (κ3) is 8.78. The van der Waals surface area contributed by atoms with Crippen LogP contribution < -0.4 is 0 Å². The summed E-state index contributed by atoms with van der Waals surface area (Å²) in [5.41, 5.74) is 8.94. The van der Waals surface area contributed by atoms with Crippen LogP contribution in [0.4, 0.5) is 0 Å². The van der Waals surface area contributed by atoms with Crippen molar-refractivity contribution in [2.45, 2.75) is 235 Å². The molecule has 0 aromatic rings. The monoisotopic (exact) mass is 935 g/mol. The SMILES string of the molecule is CC1O[C@@H](OC2C(C)O[C@@H](O[C@H]3CCC4(C)C5CCC6(C)[C@@H](C7=CC(=O)OC7)CC[C@]6(O)[C@@H]5CC[C@@H]4C3)C[C@H]2O)C[C@@H](O)C1O[C@H]1C[C@@H](O)C(O[C@@H]2OC(C)[C@H](N=[N+]=[N-])C(O)[C@@H]2O)C(C)O1. The van der Waals surface area contributed by atoms with Crippen molar-refractivity contribution in [1.29, 1.82) is 0 Å². The van der Waals surface area contributed by atoms with Crippen molar-refractivity contribution in [3.05, 3.63) is 22.1 Å². The summed E-state index contributed by atoms with van der Waals surface area (Å²) < 4.78 is 54.5. The average molecular weight is 936 g/mol. The molecule has 9 aliphatic rings. The molecule has 6 N–H and O–H groups in total. The Hall–Kier alpha value is -2.04. The second-order valence-corrected chi connectivity index (χ2v) is 21.7. The Kier molecular flexibility index (Phi) is 14.1. The fraction of sp³-hybridized carbons (Fsp3) is 0.936. The number of rotatable bonds is 10. The van der Waals surface area contributed by atoms with Gasteiger partial charge in [0.2, 0.25) is 0 Å². The van der Waals surface area contributed by atoms with Gasteiger partial charge in [-0.2, -0.15) is 0 Å². The number of azide groups is 1. The first-order valence-corrected chi connectivity index (χ1v) is 24.6. The van der Waals surface area contributed by atoms with Gasteiger partial charge in [0.15, 0.2) is 25.2 Å². The molecular formula is C47H73N3O16. The topological polar surface area (TPSA) is 270 Å². The summed E-state index contributed by atoms with van der Waals surface area (Å²) in [6, 6.07) is -1.02. The van der Waals surface area contributed by atoms with E-state index in [9.17, 15) is 35.4 Å². The van der Waals surface area contributed by atoms with Crippen LogP contribution in [-0.4, -0.2) is 159 Å². The molecule has 0 bridgehead atoms. The van der Waals surface area contributed by atoms with Crippen LogP contribution in [0.15, 0.2) is 16.8 Å². The Balaban J connectivity index is 0.728. The number of fused-ring (bicyclic) bond motifs is 5. The number of cyclic esters (lactones) is 1. The van der Waals surface area contributed by atoms with Gasteiger partial charge >= 0.3 is 5.97 Å². The first kappa shape index (κ1) is 49.0. The summed E-state index contributed by atoms with van der Waals surface area (Å²) in [6.07, 6.45) is -4.62. The number of hydrogen-bond donors (Lipinski definition) is 6. The van der Waals surface area contributed by atoms with Gasteiger partial charge < -0.3 is 73.3 Å². The molecule has 11 unspecified atom stereocenters. The van der Waals surface area contributed by atoms with E-state index in [4.69, 9.17) is 48.2 Å². The molecule has 4 aliphatic carbocycles. The van der Waals surface area contributed by atoms with Gasteiger partial charge in [0.05, 0.1) is 66.6 Å². The largest absolute Gasteiger partial charge is 0.458 e. The summed E-state index contributed by atoms with van der Waals surface area (Å²) in [5.74, 6) is 1.02. The maximum atomic E-state index is 12.6. The van der Waals surface area contributed by atoms with Crippen molar-refractivity contribution >= 4 is 5.97 Å². The molecule has 0 aromatic heterocycles. The first-order chi connectivity index (χ1) is 31.3. The lowest BCUT2D eigenvalue weighted by Gasteiger charge is -2.64. The Morgan fingerprint density at radius 1 is 0.682 bits per heavy atom. The Morgan fingerprint density at radius 2 is 1.27 bits per heavy atom. The third-order valence-corrected chi connectivity index (χ3v) is 18.1. The molecule has 0 aromatic carbocycles. The zero-order valence-electron chi connectivity index (χ0n) is 39.1. The van der Waals surface area contributed by atoms with Crippen molar-refractivity contribution < 1.29 is 78.1 Å². The molecule has 9 rings (SSSR count). The van der Waals surface area contributed by atoms with Crippen molar-refractivity contribution in [2.24, 2.45) is 39.6 Å². The minimum atomic E-state index is -1.54. The molecule has 372 valence electrons. The first-order valence-electron chi connectivity index (χ1n) is 24.6. The number of carbonyl (C=O) groups is 1. The molecule has 4 saturated carbocycles. The zero-order chi connectivity index (χ0) is 47.0. The lowest BCUT2D eigenvalue weighted by Crippen LogP contribution is -2.62. The maximum Gasteiger partial charge on any atom is 0.331 e. The molecule has 25 atom stereocenters. The van der Waals surface area contributed by atoms with E-state index in [1.165, 1.54) is 0 Å². The van der Waals surface area contributed by atoms with E-state index >= 15 is 0 Å². The third-order valence-electron chi connectivity index (χ3n) is 18.1. The number of carbonyl (C=O) groups excluding carboxylic acids is 1. The average Bonchev–Trinajstić information content (AvgIpc) is 3.81. The molecule has 5 aliphatic heterocycles. The molecule has 5 heterocycles. The van der Waals surface area contributed by atoms with E-state index in [1.807, 2.05) is 6.92 Å². The van der Waals surface area contributed by atoms with Gasteiger partial charge in [-0.3, -0.25) is 0 Å². The molecule has 19 nitrogen and oxygen atoms in total. The molecule has 66 heavy (non-hydrogen) atoms. The molecule has 19 heteroatoms. The van der Waals surface area contributed by atoms with Crippen molar-refractivity contribution in [3.8, 4) is 0 Å². The highest BCUT2D eigenvalue weighted by atomic mass is 16.8. The normalized spacial score (nSPS) is 54.0. The van der Waals surface area contributed by atoms with Crippen LogP contribution in [0.3, 0.4) is 0 Å². The van der Waals surface area contributed by atoms with Gasteiger partial charge in [-0.15, -0.1) is 0 Å².